The summed E-state index contributed by atoms with van der Waals surface area (Å²) in [6.07, 6.45) is 0.644. The van der Waals surface area contributed by atoms with Gasteiger partial charge in [-0.3, -0.25) is 4.79 Å². The molecule has 0 saturated carbocycles. The van der Waals surface area contributed by atoms with Crippen LogP contribution in [0.5, 0.6) is 0 Å². The van der Waals surface area contributed by atoms with Gasteiger partial charge in [0, 0.05) is 19.4 Å². The minimum atomic E-state index is -3.61. The Labute approximate surface area is 161 Å². The van der Waals surface area contributed by atoms with Crippen LogP contribution in [-0.2, 0) is 21.2 Å². The lowest BCUT2D eigenvalue weighted by Crippen LogP contribution is -2.27. The third kappa shape index (κ3) is 5.68. The maximum Gasteiger partial charge on any atom is 0.240 e. The fourth-order valence-corrected chi connectivity index (χ4v) is 4.15. The van der Waals surface area contributed by atoms with E-state index in [0.29, 0.717) is 11.6 Å². The third-order valence-corrected chi connectivity index (χ3v) is 5.92. The van der Waals surface area contributed by atoms with Crippen molar-refractivity contribution in [2.75, 3.05) is 11.9 Å². The molecule has 2 N–H and O–H groups in total. The van der Waals surface area contributed by atoms with E-state index in [2.05, 4.69) is 20.2 Å². The molecule has 3 rings (SSSR count). The summed E-state index contributed by atoms with van der Waals surface area (Å²) in [5, 5.41) is 11.9. The second kappa shape index (κ2) is 8.85. The quantitative estimate of drug-likeness (QED) is 0.603. The van der Waals surface area contributed by atoms with Gasteiger partial charge in [0.05, 0.1) is 4.90 Å². The van der Waals surface area contributed by atoms with Gasteiger partial charge in [-0.05, 0) is 17.7 Å². The van der Waals surface area contributed by atoms with Crippen LogP contribution in [0.1, 0.15) is 17.0 Å². The number of anilines is 1. The number of sulfonamides is 1. The maximum absolute atomic E-state index is 12.1. The molecule has 0 radical (unpaired) electrons. The molecular formula is C18H18N4O3S2. The van der Waals surface area contributed by atoms with Crippen molar-refractivity contribution in [1.82, 2.24) is 14.9 Å². The molecule has 0 aliphatic carbocycles. The lowest BCUT2D eigenvalue weighted by Gasteiger charge is -2.06. The van der Waals surface area contributed by atoms with Gasteiger partial charge in [-0.25, -0.2) is 13.1 Å². The van der Waals surface area contributed by atoms with Gasteiger partial charge in [-0.1, -0.05) is 59.9 Å². The van der Waals surface area contributed by atoms with Crippen molar-refractivity contribution < 1.29 is 13.2 Å². The number of carbonyl (C=O) groups is 1. The molecule has 7 nitrogen and oxygen atoms in total. The summed E-state index contributed by atoms with van der Waals surface area (Å²) in [4.78, 5) is 12.2. The highest BCUT2D eigenvalue weighted by molar-refractivity contribution is 7.89. The summed E-state index contributed by atoms with van der Waals surface area (Å²) in [6.45, 7) is -0.00125. The van der Waals surface area contributed by atoms with Gasteiger partial charge in [-0.2, -0.15) is 0 Å². The zero-order chi connectivity index (χ0) is 19.1. The molecule has 0 saturated heterocycles. The smallest absolute Gasteiger partial charge is 0.240 e. The average molecular weight is 403 g/mol. The number of rotatable bonds is 8. The monoisotopic (exact) mass is 402 g/mol. The summed E-state index contributed by atoms with van der Waals surface area (Å²) >= 11 is 1.30. The SMILES string of the molecule is O=C(CCNS(=O)(=O)c1ccccc1)Nc1nnc(Cc2ccccc2)s1. The Kier molecular flexibility index (Phi) is 6.28. The minimum absolute atomic E-state index is 0.000335. The number of benzene rings is 2. The van der Waals surface area contributed by atoms with E-state index >= 15 is 0 Å². The highest BCUT2D eigenvalue weighted by Gasteiger charge is 2.14. The molecule has 27 heavy (non-hydrogen) atoms. The molecule has 0 fully saturated rings. The van der Waals surface area contributed by atoms with E-state index in [1.807, 2.05) is 30.3 Å². The maximum atomic E-state index is 12.1. The molecule has 0 atom stereocenters. The van der Waals surface area contributed by atoms with Gasteiger partial charge in [-0.15, -0.1) is 10.2 Å². The highest BCUT2D eigenvalue weighted by Crippen LogP contribution is 2.18. The molecule has 0 unspecified atom stereocenters. The van der Waals surface area contributed by atoms with Crippen LogP contribution >= 0.6 is 11.3 Å². The van der Waals surface area contributed by atoms with Crippen LogP contribution in [0.15, 0.2) is 65.6 Å². The van der Waals surface area contributed by atoms with Crippen LogP contribution in [0.2, 0.25) is 0 Å². The van der Waals surface area contributed by atoms with E-state index in [1.54, 1.807) is 18.2 Å². The Morgan fingerprint density at radius 3 is 2.33 bits per heavy atom. The molecule has 3 aromatic rings. The van der Waals surface area contributed by atoms with Crippen molar-refractivity contribution in [3.05, 3.63) is 71.2 Å². The summed E-state index contributed by atoms with van der Waals surface area (Å²) in [5.41, 5.74) is 1.11. The second-order valence-electron chi connectivity index (χ2n) is 5.67. The van der Waals surface area contributed by atoms with Crippen LogP contribution in [0, 0.1) is 0 Å². The summed E-state index contributed by atoms with van der Waals surface area (Å²) in [6, 6.07) is 17.9. The number of hydrogen-bond donors (Lipinski definition) is 2. The lowest BCUT2D eigenvalue weighted by atomic mass is 10.2. The van der Waals surface area contributed by atoms with Crippen molar-refractivity contribution in [2.45, 2.75) is 17.7 Å². The Bertz CT molecular complexity index is 990. The normalized spacial score (nSPS) is 11.3. The van der Waals surface area contributed by atoms with Crippen molar-refractivity contribution in [1.29, 1.82) is 0 Å². The van der Waals surface area contributed by atoms with Crippen molar-refractivity contribution in [3.63, 3.8) is 0 Å². The Balaban J connectivity index is 1.47. The van der Waals surface area contributed by atoms with Gasteiger partial charge in [0.1, 0.15) is 5.01 Å². The molecule has 1 aromatic heterocycles. The van der Waals surface area contributed by atoms with E-state index in [0.717, 1.165) is 10.6 Å². The van der Waals surface area contributed by atoms with Crippen LogP contribution in [0.3, 0.4) is 0 Å². The molecule has 0 bridgehead atoms. The first-order chi connectivity index (χ1) is 13.0. The standard InChI is InChI=1S/C18H18N4O3S2/c23-16(11-12-19-27(24,25)15-9-5-2-6-10-15)20-18-22-21-17(26-18)13-14-7-3-1-4-8-14/h1-10,19H,11-13H2,(H,20,22,23). The Morgan fingerprint density at radius 2 is 1.63 bits per heavy atom. The topological polar surface area (TPSA) is 101 Å². The third-order valence-electron chi connectivity index (χ3n) is 3.61. The molecule has 0 spiro atoms. The largest absolute Gasteiger partial charge is 0.300 e. The molecule has 0 aliphatic rings. The fraction of sp³-hybridized carbons (Fsp3) is 0.167. The number of amides is 1. The van der Waals surface area contributed by atoms with Crippen LogP contribution in [-0.4, -0.2) is 31.1 Å². The van der Waals surface area contributed by atoms with E-state index in [9.17, 15) is 13.2 Å². The average Bonchev–Trinajstić information content (AvgIpc) is 3.10. The zero-order valence-corrected chi connectivity index (χ0v) is 16.0. The van der Waals surface area contributed by atoms with E-state index in [4.69, 9.17) is 0 Å². The molecule has 9 heteroatoms. The second-order valence-corrected chi connectivity index (χ2v) is 8.50. The van der Waals surface area contributed by atoms with Gasteiger partial charge in [0.25, 0.3) is 0 Å². The van der Waals surface area contributed by atoms with Crippen LogP contribution in [0.4, 0.5) is 5.13 Å². The van der Waals surface area contributed by atoms with Crippen LogP contribution in [0.25, 0.3) is 0 Å². The van der Waals surface area contributed by atoms with Crippen molar-refractivity contribution in [3.8, 4) is 0 Å². The molecular weight excluding hydrogens is 384 g/mol. The first kappa shape index (κ1) is 19.2. The predicted molar refractivity (Wildman–Crippen MR) is 104 cm³/mol. The van der Waals surface area contributed by atoms with E-state index in [-0.39, 0.29) is 23.8 Å². The van der Waals surface area contributed by atoms with Gasteiger partial charge < -0.3 is 5.32 Å². The number of hydrogen-bond acceptors (Lipinski definition) is 6. The number of aromatic nitrogens is 2. The number of carbonyl (C=O) groups excluding carboxylic acids is 1. The fourth-order valence-electron chi connectivity index (χ4n) is 2.31. The van der Waals surface area contributed by atoms with Crippen molar-refractivity contribution in [2.24, 2.45) is 0 Å². The predicted octanol–water partition coefficient (Wildman–Crippen LogP) is 2.44. The van der Waals surface area contributed by atoms with Gasteiger partial charge in [0.2, 0.25) is 21.1 Å². The summed E-state index contributed by atoms with van der Waals surface area (Å²) in [5.74, 6) is -0.326. The minimum Gasteiger partial charge on any atom is -0.300 e. The zero-order valence-electron chi connectivity index (χ0n) is 14.3. The summed E-state index contributed by atoms with van der Waals surface area (Å²) < 4.78 is 26.6. The molecule has 0 aliphatic heterocycles. The first-order valence-electron chi connectivity index (χ1n) is 8.24. The highest BCUT2D eigenvalue weighted by atomic mass is 32.2. The first-order valence-corrected chi connectivity index (χ1v) is 10.5. The van der Waals surface area contributed by atoms with E-state index in [1.165, 1.54) is 23.5 Å². The van der Waals surface area contributed by atoms with Crippen molar-refractivity contribution >= 4 is 32.4 Å². The molecule has 2 aromatic carbocycles. The molecule has 1 amide bonds. The number of nitrogens with one attached hydrogen (secondary N) is 2. The molecule has 140 valence electrons. The molecule has 1 heterocycles. The Morgan fingerprint density at radius 1 is 0.963 bits per heavy atom. The van der Waals surface area contributed by atoms with E-state index < -0.39 is 10.0 Å². The van der Waals surface area contributed by atoms with Crippen LogP contribution < -0.4 is 10.0 Å². The number of nitrogens with zero attached hydrogens (tertiary/aromatic N) is 2. The Hall–Kier alpha value is -2.62. The summed E-state index contributed by atoms with van der Waals surface area (Å²) in [7, 11) is -3.61. The van der Waals surface area contributed by atoms with Gasteiger partial charge >= 0.3 is 0 Å². The van der Waals surface area contributed by atoms with Gasteiger partial charge in [0.15, 0.2) is 0 Å². The lowest BCUT2D eigenvalue weighted by molar-refractivity contribution is -0.116.